The van der Waals surface area contributed by atoms with E-state index in [1.807, 2.05) is 18.0 Å². The topological polar surface area (TPSA) is 53.7 Å². The second-order valence-corrected chi connectivity index (χ2v) is 4.22. The Balaban J connectivity index is 0.00000144. The Morgan fingerprint density at radius 1 is 1.65 bits per heavy atom. The quantitative estimate of drug-likeness (QED) is 0.510. The van der Waals surface area contributed by atoms with E-state index in [1.54, 1.807) is 13.3 Å². The number of hydrogen-bond acceptors (Lipinski definition) is 3. The molecule has 17 heavy (non-hydrogen) atoms. The number of rotatable bonds is 4. The molecule has 0 spiro atoms. The van der Waals surface area contributed by atoms with Gasteiger partial charge in [0.2, 0.25) is 0 Å². The average molecular weight is 350 g/mol. The monoisotopic (exact) mass is 350 g/mol. The largest absolute Gasteiger partial charge is 0.364 e. The predicted molar refractivity (Wildman–Crippen MR) is 77.5 cm³/mol. The van der Waals surface area contributed by atoms with Crippen LogP contribution in [-0.2, 0) is 6.54 Å². The predicted octanol–water partition coefficient (Wildman–Crippen LogP) is 1.71. The number of guanidine groups is 1. The molecule has 1 aliphatic carbocycles. The first kappa shape index (κ1) is 14.3. The first-order valence-corrected chi connectivity index (χ1v) is 5.60. The Morgan fingerprint density at radius 2 is 2.41 bits per heavy atom. The Kier molecular flexibility index (Phi) is 5.73. The smallest absolute Gasteiger partial charge is 0.193 e. The normalized spacial score (nSPS) is 15.3. The molecule has 1 aromatic rings. The van der Waals surface area contributed by atoms with Crippen LogP contribution in [0.5, 0.6) is 0 Å². The number of aliphatic imine (C=N–C) groups is 1. The van der Waals surface area contributed by atoms with Crippen molar-refractivity contribution in [2.45, 2.75) is 19.4 Å². The Bertz CT molecular complexity index is 348. The van der Waals surface area contributed by atoms with Crippen molar-refractivity contribution in [1.29, 1.82) is 0 Å². The van der Waals surface area contributed by atoms with E-state index in [2.05, 4.69) is 15.5 Å². The van der Waals surface area contributed by atoms with Gasteiger partial charge in [-0.25, -0.2) is 0 Å². The molecule has 0 amide bonds. The molecule has 0 saturated heterocycles. The van der Waals surface area contributed by atoms with Crippen molar-refractivity contribution in [2.24, 2.45) is 10.9 Å². The van der Waals surface area contributed by atoms with Gasteiger partial charge in [0, 0.05) is 26.7 Å². The lowest BCUT2D eigenvalue weighted by atomic mass is 10.4. The van der Waals surface area contributed by atoms with Gasteiger partial charge in [0.15, 0.2) is 5.96 Å². The second-order valence-electron chi connectivity index (χ2n) is 4.22. The molecule has 1 heterocycles. The fraction of sp³-hybridized carbons (Fsp3) is 0.636. The van der Waals surface area contributed by atoms with Gasteiger partial charge in [-0.3, -0.25) is 4.99 Å². The van der Waals surface area contributed by atoms with Crippen molar-refractivity contribution in [2.75, 3.05) is 20.6 Å². The van der Waals surface area contributed by atoms with Gasteiger partial charge in [-0.05, 0) is 18.8 Å². The van der Waals surface area contributed by atoms with Crippen LogP contribution in [0.25, 0.3) is 0 Å². The molecule has 96 valence electrons. The first-order chi connectivity index (χ1) is 7.79. The lowest BCUT2D eigenvalue weighted by Gasteiger charge is -2.20. The fourth-order valence-corrected chi connectivity index (χ4v) is 1.58. The van der Waals surface area contributed by atoms with Crippen molar-refractivity contribution in [3.63, 3.8) is 0 Å². The van der Waals surface area contributed by atoms with Crippen LogP contribution in [0, 0.1) is 5.92 Å². The summed E-state index contributed by atoms with van der Waals surface area (Å²) in [5.74, 6) is 1.76. The summed E-state index contributed by atoms with van der Waals surface area (Å²) in [4.78, 5) is 6.28. The maximum Gasteiger partial charge on any atom is 0.193 e. The highest BCUT2D eigenvalue weighted by Crippen LogP contribution is 2.27. The Morgan fingerprint density at radius 3 is 2.94 bits per heavy atom. The van der Waals surface area contributed by atoms with E-state index in [9.17, 15) is 0 Å². The minimum absolute atomic E-state index is 0. The zero-order chi connectivity index (χ0) is 11.4. The van der Waals surface area contributed by atoms with Crippen molar-refractivity contribution in [3.05, 3.63) is 18.0 Å². The molecule has 0 aliphatic heterocycles. The molecule has 2 rings (SSSR count). The summed E-state index contributed by atoms with van der Waals surface area (Å²) < 4.78 is 4.80. The van der Waals surface area contributed by atoms with E-state index in [1.165, 1.54) is 12.8 Å². The summed E-state index contributed by atoms with van der Waals surface area (Å²) in [6.45, 7) is 1.73. The third-order valence-electron chi connectivity index (χ3n) is 2.71. The standard InChI is InChI=1S/C11H18N4O.HI/c1-12-11(13-7-9-3-4-9)15(2)8-10-5-6-16-14-10;/h5-6,9H,3-4,7-8H2,1-2H3,(H,12,13);1H. The van der Waals surface area contributed by atoms with Crippen molar-refractivity contribution in [1.82, 2.24) is 15.4 Å². The van der Waals surface area contributed by atoms with Crippen LogP contribution in [0.1, 0.15) is 18.5 Å². The second kappa shape index (κ2) is 6.83. The van der Waals surface area contributed by atoms with Crippen LogP contribution >= 0.6 is 24.0 Å². The highest BCUT2D eigenvalue weighted by molar-refractivity contribution is 14.0. The molecule has 0 radical (unpaired) electrons. The summed E-state index contributed by atoms with van der Waals surface area (Å²) in [5.41, 5.74) is 0.914. The third-order valence-corrected chi connectivity index (χ3v) is 2.71. The van der Waals surface area contributed by atoms with Crippen molar-refractivity contribution in [3.8, 4) is 0 Å². The maximum atomic E-state index is 4.80. The number of aromatic nitrogens is 1. The molecule has 0 unspecified atom stereocenters. The van der Waals surface area contributed by atoms with Gasteiger partial charge in [0.25, 0.3) is 0 Å². The molecule has 0 aromatic carbocycles. The van der Waals surface area contributed by atoms with Crippen LogP contribution in [0.15, 0.2) is 21.8 Å². The zero-order valence-corrected chi connectivity index (χ0v) is 12.5. The van der Waals surface area contributed by atoms with E-state index < -0.39 is 0 Å². The van der Waals surface area contributed by atoms with Gasteiger partial charge >= 0.3 is 0 Å². The lowest BCUT2D eigenvalue weighted by molar-refractivity contribution is 0.391. The summed E-state index contributed by atoms with van der Waals surface area (Å²) >= 11 is 0. The molecule has 1 fully saturated rings. The van der Waals surface area contributed by atoms with Crippen LogP contribution < -0.4 is 5.32 Å². The van der Waals surface area contributed by atoms with Crippen molar-refractivity contribution < 1.29 is 4.52 Å². The van der Waals surface area contributed by atoms with Crippen LogP contribution in [-0.4, -0.2) is 36.7 Å². The third kappa shape index (κ3) is 4.53. The number of nitrogens with one attached hydrogen (secondary N) is 1. The highest BCUT2D eigenvalue weighted by Gasteiger charge is 2.21. The molecule has 6 heteroatoms. The van der Waals surface area contributed by atoms with E-state index in [0.29, 0.717) is 6.54 Å². The molecule has 1 N–H and O–H groups in total. The maximum absolute atomic E-state index is 4.80. The van der Waals surface area contributed by atoms with Crippen molar-refractivity contribution >= 4 is 29.9 Å². The summed E-state index contributed by atoms with van der Waals surface area (Å²) in [7, 11) is 3.80. The zero-order valence-electron chi connectivity index (χ0n) is 10.2. The molecular weight excluding hydrogens is 331 g/mol. The molecule has 1 aliphatic rings. The molecular formula is C11H19IN4O. The molecule has 1 aromatic heterocycles. The van der Waals surface area contributed by atoms with E-state index in [-0.39, 0.29) is 24.0 Å². The fourth-order valence-electron chi connectivity index (χ4n) is 1.58. The number of halogens is 1. The van der Waals surface area contributed by atoms with Crippen LogP contribution in [0.2, 0.25) is 0 Å². The van der Waals surface area contributed by atoms with Gasteiger partial charge in [0.1, 0.15) is 12.0 Å². The molecule has 0 atom stereocenters. The Hall–Kier alpha value is -0.790. The Labute approximate surface area is 119 Å². The lowest BCUT2D eigenvalue weighted by Crippen LogP contribution is -2.39. The SMILES string of the molecule is CN=C(NCC1CC1)N(C)Cc1ccon1.I. The molecule has 1 saturated carbocycles. The molecule has 5 nitrogen and oxygen atoms in total. The summed E-state index contributed by atoms with van der Waals surface area (Å²) in [5, 5.41) is 7.24. The molecule has 0 bridgehead atoms. The van der Waals surface area contributed by atoms with E-state index in [4.69, 9.17) is 4.52 Å². The van der Waals surface area contributed by atoms with Gasteiger partial charge in [-0.2, -0.15) is 0 Å². The summed E-state index contributed by atoms with van der Waals surface area (Å²) in [6.07, 6.45) is 4.28. The van der Waals surface area contributed by atoms with Crippen LogP contribution in [0.4, 0.5) is 0 Å². The van der Waals surface area contributed by atoms with E-state index in [0.717, 1.165) is 24.1 Å². The van der Waals surface area contributed by atoms with E-state index >= 15 is 0 Å². The minimum Gasteiger partial charge on any atom is -0.364 e. The van der Waals surface area contributed by atoms with Gasteiger partial charge < -0.3 is 14.7 Å². The first-order valence-electron chi connectivity index (χ1n) is 5.60. The highest BCUT2D eigenvalue weighted by atomic mass is 127. The van der Waals surface area contributed by atoms with Gasteiger partial charge in [0.05, 0.1) is 6.54 Å². The van der Waals surface area contributed by atoms with Crippen LogP contribution in [0.3, 0.4) is 0 Å². The van der Waals surface area contributed by atoms with Gasteiger partial charge in [-0.1, -0.05) is 5.16 Å². The average Bonchev–Trinajstić information content (AvgIpc) is 2.96. The van der Waals surface area contributed by atoms with Gasteiger partial charge in [-0.15, -0.1) is 24.0 Å². The minimum atomic E-state index is 0. The summed E-state index contributed by atoms with van der Waals surface area (Å²) in [6, 6.07) is 1.87. The number of nitrogens with zero attached hydrogens (tertiary/aromatic N) is 3. The number of hydrogen-bond donors (Lipinski definition) is 1.